The highest BCUT2D eigenvalue weighted by Crippen LogP contribution is 2.29. The zero-order valence-corrected chi connectivity index (χ0v) is 12.8. The van der Waals surface area contributed by atoms with E-state index in [0.29, 0.717) is 24.7 Å². The molecule has 2 unspecified atom stereocenters. The van der Waals surface area contributed by atoms with E-state index in [4.69, 9.17) is 4.74 Å². The summed E-state index contributed by atoms with van der Waals surface area (Å²) in [5.41, 5.74) is 0. The van der Waals surface area contributed by atoms with Crippen molar-refractivity contribution < 1.29 is 9.53 Å². The third kappa shape index (κ3) is 4.32. The molecule has 4 nitrogen and oxygen atoms in total. The fourth-order valence-corrected chi connectivity index (χ4v) is 3.51. The van der Waals surface area contributed by atoms with Crippen molar-refractivity contribution in [2.24, 2.45) is 0 Å². The predicted molar refractivity (Wildman–Crippen MR) is 80.6 cm³/mol. The average molecular weight is 280 g/mol. The molecule has 4 heteroatoms. The van der Waals surface area contributed by atoms with E-state index >= 15 is 0 Å². The second kappa shape index (κ2) is 7.79. The number of rotatable bonds is 7. The van der Waals surface area contributed by atoms with E-state index in [9.17, 15) is 4.79 Å². The van der Waals surface area contributed by atoms with Gasteiger partial charge in [-0.1, -0.05) is 13.0 Å². The van der Waals surface area contributed by atoms with Crippen LogP contribution in [0.2, 0.25) is 0 Å². The lowest BCUT2D eigenvalue weighted by atomic mass is 9.98. The summed E-state index contributed by atoms with van der Waals surface area (Å²) in [6.45, 7) is 6.46. The maximum Gasteiger partial charge on any atom is 0.330 e. The number of carbonyl (C=O) groups is 1. The minimum atomic E-state index is -0.227. The van der Waals surface area contributed by atoms with Gasteiger partial charge in [0.25, 0.3) is 0 Å². The third-order valence-electron chi connectivity index (χ3n) is 4.36. The zero-order chi connectivity index (χ0) is 14.4. The van der Waals surface area contributed by atoms with E-state index in [0.717, 1.165) is 19.5 Å². The van der Waals surface area contributed by atoms with E-state index in [1.807, 2.05) is 13.0 Å². The number of nitrogens with one attached hydrogen (secondary N) is 1. The summed E-state index contributed by atoms with van der Waals surface area (Å²) >= 11 is 0. The van der Waals surface area contributed by atoms with Gasteiger partial charge in [-0.25, -0.2) is 4.79 Å². The second-order valence-electron chi connectivity index (χ2n) is 5.91. The van der Waals surface area contributed by atoms with Gasteiger partial charge < -0.3 is 10.1 Å². The smallest absolute Gasteiger partial charge is 0.330 e. The molecule has 2 saturated heterocycles. The van der Waals surface area contributed by atoms with Crippen molar-refractivity contribution in [1.29, 1.82) is 0 Å². The van der Waals surface area contributed by atoms with Crippen molar-refractivity contribution in [3.8, 4) is 0 Å². The number of hydrogen-bond acceptors (Lipinski definition) is 4. The molecule has 0 radical (unpaired) electrons. The van der Waals surface area contributed by atoms with Gasteiger partial charge in [0.15, 0.2) is 0 Å². The molecule has 1 N–H and O–H groups in total. The molecule has 2 bridgehead atoms. The number of hydrogen-bond donors (Lipinski definition) is 1. The Bertz CT molecular complexity index is 331. The van der Waals surface area contributed by atoms with Gasteiger partial charge in [-0.2, -0.15) is 0 Å². The fraction of sp³-hybridized carbons (Fsp3) is 0.812. The Morgan fingerprint density at radius 3 is 2.60 bits per heavy atom. The molecular formula is C16H28N2O2. The topological polar surface area (TPSA) is 41.6 Å². The molecule has 0 amide bonds. The maximum atomic E-state index is 11.3. The Balaban J connectivity index is 1.85. The number of carbonyl (C=O) groups excluding carboxylic acids is 1. The van der Waals surface area contributed by atoms with E-state index in [1.165, 1.54) is 25.7 Å². The summed E-state index contributed by atoms with van der Waals surface area (Å²) in [7, 11) is 0. The molecule has 2 fully saturated rings. The largest absolute Gasteiger partial charge is 0.463 e. The number of ether oxygens (including phenoxy) is 1. The molecule has 20 heavy (non-hydrogen) atoms. The van der Waals surface area contributed by atoms with E-state index in [2.05, 4.69) is 17.1 Å². The maximum absolute atomic E-state index is 11.3. The van der Waals surface area contributed by atoms with Crippen molar-refractivity contribution in [2.45, 2.75) is 64.1 Å². The van der Waals surface area contributed by atoms with Crippen LogP contribution in [0.25, 0.3) is 0 Å². The van der Waals surface area contributed by atoms with Crippen LogP contribution in [0.5, 0.6) is 0 Å². The van der Waals surface area contributed by atoms with Crippen LogP contribution < -0.4 is 5.32 Å². The van der Waals surface area contributed by atoms with Crippen molar-refractivity contribution in [1.82, 2.24) is 10.2 Å². The van der Waals surface area contributed by atoms with Gasteiger partial charge in [0.2, 0.25) is 0 Å². The van der Waals surface area contributed by atoms with E-state index in [-0.39, 0.29) is 5.97 Å². The quantitative estimate of drug-likeness (QED) is 0.573. The molecule has 0 saturated carbocycles. The Morgan fingerprint density at radius 1 is 1.30 bits per heavy atom. The van der Waals surface area contributed by atoms with E-state index in [1.54, 1.807) is 6.08 Å². The van der Waals surface area contributed by atoms with Crippen molar-refractivity contribution in [2.75, 3.05) is 19.7 Å². The molecule has 0 aromatic heterocycles. The first-order chi connectivity index (χ1) is 9.72. The van der Waals surface area contributed by atoms with Gasteiger partial charge in [-0.15, -0.1) is 0 Å². The van der Waals surface area contributed by atoms with Gasteiger partial charge >= 0.3 is 5.97 Å². The number of esters is 1. The third-order valence-corrected chi connectivity index (χ3v) is 4.36. The summed E-state index contributed by atoms with van der Waals surface area (Å²) in [4.78, 5) is 13.9. The normalized spacial score (nSPS) is 29.2. The first-order valence-electron chi connectivity index (χ1n) is 8.06. The van der Waals surface area contributed by atoms with Gasteiger partial charge in [0, 0.05) is 30.7 Å². The van der Waals surface area contributed by atoms with Crippen molar-refractivity contribution >= 4 is 5.97 Å². The molecule has 0 aliphatic carbocycles. The molecule has 114 valence electrons. The number of piperidine rings is 1. The van der Waals surface area contributed by atoms with Crippen LogP contribution in [0.1, 0.15) is 46.0 Å². The van der Waals surface area contributed by atoms with E-state index < -0.39 is 0 Å². The Kier molecular flexibility index (Phi) is 6.05. The Morgan fingerprint density at radius 2 is 2.00 bits per heavy atom. The summed E-state index contributed by atoms with van der Waals surface area (Å²) in [6.07, 6.45) is 9.86. The van der Waals surface area contributed by atoms with Gasteiger partial charge in [-0.3, -0.25) is 4.90 Å². The van der Waals surface area contributed by atoms with Crippen molar-refractivity contribution in [3.05, 3.63) is 12.2 Å². The van der Waals surface area contributed by atoms with Crippen LogP contribution in [0, 0.1) is 0 Å². The lowest BCUT2D eigenvalue weighted by Gasteiger charge is -2.37. The molecular weight excluding hydrogens is 252 g/mol. The highest BCUT2D eigenvalue weighted by Gasteiger charge is 2.35. The first kappa shape index (κ1) is 15.5. The lowest BCUT2D eigenvalue weighted by Crippen LogP contribution is -2.48. The summed E-state index contributed by atoms with van der Waals surface area (Å²) in [5.74, 6) is -0.227. The van der Waals surface area contributed by atoms with Crippen molar-refractivity contribution in [3.63, 3.8) is 0 Å². The van der Waals surface area contributed by atoms with Crippen LogP contribution in [0.4, 0.5) is 0 Å². The summed E-state index contributed by atoms with van der Waals surface area (Å²) < 4.78 is 4.92. The minimum Gasteiger partial charge on any atom is -0.463 e. The molecule has 2 aliphatic heterocycles. The Hall–Kier alpha value is -0.870. The molecule has 2 rings (SSSR count). The fourth-order valence-electron chi connectivity index (χ4n) is 3.51. The summed E-state index contributed by atoms with van der Waals surface area (Å²) in [6, 6.07) is 2.10. The van der Waals surface area contributed by atoms with Gasteiger partial charge in [0.05, 0.1) is 6.61 Å². The number of fused-ring (bicyclic) bond motifs is 2. The lowest BCUT2D eigenvalue weighted by molar-refractivity contribution is -0.137. The Labute approximate surface area is 122 Å². The number of nitrogens with zero attached hydrogens (tertiary/aromatic N) is 1. The molecule has 0 aromatic carbocycles. The zero-order valence-electron chi connectivity index (χ0n) is 12.8. The predicted octanol–water partition coefficient (Wildman–Crippen LogP) is 2.10. The SMILES string of the molecule is CCCN(C/C=C/C(=O)OCC)C1CC2CCC(C1)N2. The van der Waals surface area contributed by atoms with Crippen LogP contribution in [0.15, 0.2) is 12.2 Å². The monoisotopic (exact) mass is 280 g/mol. The molecule has 0 aromatic rings. The molecule has 2 heterocycles. The molecule has 2 atom stereocenters. The standard InChI is InChI=1S/C16H28N2O2/c1-3-9-18(10-5-6-16(19)20-4-2)15-11-13-7-8-14(12-15)17-13/h5-6,13-15,17H,3-4,7-12H2,1-2H3/b6-5+. The minimum absolute atomic E-state index is 0.227. The summed E-state index contributed by atoms with van der Waals surface area (Å²) in [5, 5.41) is 3.69. The first-order valence-corrected chi connectivity index (χ1v) is 8.06. The highest BCUT2D eigenvalue weighted by atomic mass is 16.5. The second-order valence-corrected chi connectivity index (χ2v) is 5.91. The molecule has 2 aliphatic rings. The van der Waals surface area contributed by atoms with Gasteiger partial charge in [-0.05, 0) is 45.6 Å². The molecule has 0 spiro atoms. The highest BCUT2D eigenvalue weighted by molar-refractivity contribution is 5.81. The van der Waals surface area contributed by atoms with Crippen LogP contribution in [0.3, 0.4) is 0 Å². The average Bonchev–Trinajstić information content (AvgIpc) is 2.77. The van der Waals surface area contributed by atoms with Crippen LogP contribution in [-0.4, -0.2) is 48.7 Å². The van der Waals surface area contributed by atoms with Crippen LogP contribution >= 0.6 is 0 Å². The van der Waals surface area contributed by atoms with Crippen LogP contribution in [-0.2, 0) is 9.53 Å². The van der Waals surface area contributed by atoms with Gasteiger partial charge in [0.1, 0.15) is 0 Å².